The van der Waals surface area contributed by atoms with Gasteiger partial charge in [-0.2, -0.15) is 0 Å². The van der Waals surface area contributed by atoms with Gasteiger partial charge in [-0.25, -0.2) is 0 Å². The van der Waals surface area contributed by atoms with Crippen molar-refractivity contribution in [1.82, 2.24) is 0 Å². The molecule has 5 heteroatoms. The van der Waals surface area contributed by atoms with Crippen molar-refractivity contribution in [1.29, 1.82) is 0 Å². The fraction of sp³-hybridized carbons (Fsp3) is 0.800. The number of aliphatic hydroxyl groups is 1. The Hall–Kier alpha value is -1.36. The van der Waals surface area contributed by atoms with Gasteiger partial charge >= 0.3 is 11.9 Å². The molecule has 8 atom stereocenters. The molecular weight excluding hydrogens is 320 g/mol. The van der Waals surface area contributed by atoms with Crippen LogP contribution in [-0.4, -0.2) is 34.9 Å². The maximum atomic E-state index is 12.4. The van der Waals surface area contributed by atoms with Gasteiger partial charge in [-0.05, 0) is 26.7 Å². The van der Waals surface area contributed by atoms with Crippen LogP contribution in [0.2, 0.25) is 0 Å². The predicted molar refractivity (Wildman–Crippen MR) is 92.5 cm³/mol. The maximum Gasteiger partial charge on any atom is 0.309 e. The van der Waals surface area contributed by atoms with Crippen molar-refractivity contribution in [3.05, 3.63) is 11.6 Å². The molecular formula is C20H30O5. The van der Waals surface area contributed by atoms with E-state index in [0.717, 1.165) is 12.0 Å². The molecule has 3 rings (SSSR count). The third-order valence-electron chi connectivity index (χ3n) is 6.71. The molecule has 1 saturated carbocycles. The van der Waals surface area contributed by atoms with E-state index < -0.39 is 11.7 Å². The fourth-order valence-corrected chi connectivity index (χ4v) is 4.90. The molecule has 1 heterocycles. The average Bonchev–Trinajstić information content (AvgIpc) is 3.03. The van der Waals surface area contributed by atoms with E-state index in [1.807, 2.05) is 34.6 Å². The minimum absolute atomic E-state index is 0.00111. The minimum atomic E-state index is -0.963. The number of fused-ring (bicyclic) bond motifs is 3. The number of carbonyl (C=O) groups is 2. The lowest BCUT2D eigenvalue weighted by Gasteiger charge is -2.34. The topological polar surface area (TPSA) is 72.8 Å². The molecule has 0 spiro atoms. The number of hydrogen-bond donors (Lipinski definition) is 1. The summed E-state index contributed by atoms with van der Waals surface area (Å²) in [5.41, 5.74) is 0.201. The fourth-order valence-electron chi connectivity index (χ4n) is 4.90. The van der Waals surface area contributed by atoms with Crippen LogP contribution in [0, 0.1) is 29.6 Å². The first-order valence-electron chi connectivity index (χ1n) is 9.47. The molecule has 2 aliphatic carbocycles. The lowest BCUT2D eigenvalue weighted by Crippen LogP contribution is -2.41. The Morgan fingerprint density at radius 2 is 2.20 bits per heavy atom. The average molecular weight is 350 g/mol. The molecule has 3 aliphatic rings. The van der Waals surface area contributed by atoms with Crippen molar-refractivity contribution in [2.24, 2.45) is 29.6 Å². The first-order valence-corrected chi connectivity index (χ1v) is 9.47. The van der Waals surface area contributed by atoms with Crippen LogP contribution in [0.3, 0.4) is 0 Å². The van der Waals surface area contributed by atoms with E-state index in [0.29, 0.717) is 12.8 Å². The third kappa shape index (κ3) is 3.01. The number of allylic oxidation sites excluding steroid dienone is 1. The second-order valence-corrected chi connectivity index (χ2v) is 8.43. The molecule has 0 radical (unpaired) electrons. The van der Waals surface area contributed by atoms with Gasteiger partial charge in [0.2, 0.25) is 0 Å². The molecule has 0 aromatic carbocycles. The highest BCUT2D eigenvalue weighted by atomic mass is 16.6. The Morgan fingerprint density at radius 1 is 1.52 bits per heavy atom. The third-order valence-corrected chi connectivity index (χ3v) is 6.71. The van der Waals surface area contributed by atoms with E-state index in [1.165, 1.54) is 0 Å². The van der Waals surface area contributed by atoms with Gasteiger partial charge in [0.05, 0.1) is 17.4 Å². The number of ether oxygens (including phenoxy) is 2. The van der Waals surface area contributed by atoms with E-state index in [9.17, 15) is 14.7 Å². The van der Waals surface area contributed by atoms with Crippen molar-refractivity contribution in [2.45, 2.75) is 71.7 Å². The Labute approximate surface area is 149 Å². The highest BCUT2D eigenvalue weighted by molar-refractivity contribution is 5.76. The van der Waals surface area contributed by atoms with Crippen LogP contribution in [0.25, 0.3) is 0 Å². The van der Waals surface area contributed by atoms with Crippen LogP contribution >= 0.6 is 0 Å². The van der Waals surface area contributed by atoms with Crippen LogP contribution < -0.4 is 0 Å². The van der Waals surface area contributed by atoms with Gasteiger partial charge in [0.15, 0.2) is 0 Å². The summed E-state index contributed by atoms with van der Waals surface area (Å²) in [6.07, 6.45) is 3.14. The molecule has 1 aliphatic heterocycles. The number of esters is 2. The van der Waals surface area contributed by atoms with Gasteiger partial charge in [0.25, 0.3) is 0 Å². The van der Waals surface area contributed by atoms with E-state index in [2.05, 4.69) is 6.08 Å². The molecule has 140 valence electrons. The molecule has 5 nitrogen and oxygen atoms in total. The molecule has 0 bridgehead atoms. The first-order chi connectivity index (χ1) is 11.7. The van der Waals surface area contributed by atoms with Crippen molar-refractivity contribution in [2.75, 3.05) is 0 Å². The Kier molecular flexibility index (Phi) is 4.73. The summed E-state index contributed by atoms with van der Waals surface area (Å²) in [5, 5.41) is 11.2. The Balaban J connectivity index is 1.96. The lowest BCUT2D eigenvalue weighted by atomic mass is 9.76. The summed E-state index contributed by atoms with van der Waals surface area (Å²) in [6.45, 7) is 9.51. The summed E-state index contributed by atoms with van der Waals surface area (Å²) in [5.74, 6) is -1.22. The molecule has 0 unspecified atom stereocenters. The van der Waals surface area contributed by atoms with E-state index in [1.54, 1.807) is 0 Å². The molecule has 2 fully saturated rings. The summed E-state index contributed by atoms with van der Waals surface area (Å²) in [7, 11) is 0. The van der Waals surface area contributed by atoms with Crippen LogP contribution in [-0.2, 0) is 19.1 Å². The van der Waals surface area contributed by atoms with Crippen LogP contribution in [0.5, 0.6) is 0 Å². The number of carbonyl (C=O) groups excluding carboxylic acids is 2. The quantitative estimate of drug-likeness (QED) is 0.626. The molecule has 0 aromatic heterocycles. The van der Waals surface area contributed by atoms with Gasteiger partial charge in [-0.3, -0.25) is 9.59 Å². The second-order valence-electron chi connectivity index (χ2n) is 8.43. The van der Waals surface area contributed by atoms with Crippen LogP contribution in [0.1, 0.15) is 53.9 Å². The first kappa shape index (κ1) is 18.4. The SMILES string of the molecule is CC[C@@H](C)C(=O)O[C@H]1C[C@@](C)(O)[C@@H]2CC=C(C)[C@@H]2[C@H]2OC(=O)[C@@H](C)[C@@H]21. The molecule has 25 heavy (non-hydrogen) atoms. The lowest BCUT2D eigenvalue weighted by molar-refractivity contribution is -0.161. The summed E-state index contributed by atoms with van der Waals surface area (Å²) >= 11 is 0. The van der Waals surface area contributed by atoms with Crippen LogP contribution in [0.4, 0.5) is 0 Å². The smallest absolute Gasteiger partial charge is 0.309 e. The number of rotatable bonds is 3. The van der Waals surface area contributed by atoms with E-state index in [4.69, 9.17) is 9.47 Å². The van der Waals surface area contributed by atoms with Gasteiger partial charge in [-0.1, -0.05) is 32.4 Å². The second kappa shape index (κ2) is 6.42. The zero-order valence-corrected chi connectivity index (χ0v) is 15.8. The van der Waals surface area contributed by atoms with Gasteiger partial charge in [0.1, 0.15) is 12.2 Å². The summed E-state index contributed by atoms with van der Waals surface area (Å²) in [4.78, 5) is 24.7. The largest absolute Gasteiger partial charge is 0.462 e. The highest BCUT2D eigenvalue weighted by Crippen LogP contribution is 2.53. The number of hydrogen-bond acceptors (Lipinski definition) is 5. The van der Waals surface area contributed by atoms with E-state index >= 15 is 0 Å². The van der Waals surface area contributed by atoms with Crippen molar-refractivity contribution >= 4 is 11.9 Å². The van der Waals surface area contributed by atoms with Crippen molar-refractivity contribution < 1.29 is 24.2 Å². The zero-order chi connectivity index (χ0) is 18.5. The summed E-state index contributed by atoms with van der Waals surface area (Å²) < 4.78 is 11.6. The molecule has 0 aromatic rings. The van der Waals surface area contributed by atoms with Crippen LogP contribution in [0.15, 0.2) is 11.6 Å². The van der Waals surface area contributed by atoms with Gasteiger partial charge in [0, 0.05) is 24.2 Å². The monoisotopic (exact) mass is 350 g/mol. The maximum absolute atomic E-state index is 12.4. The standard InChI is InChI=1S/C20H30O5/c1-6-10(2)18(21)24-14-9-20(5,23)13-8-7-11(3)15(13)17-16(14)12(4)19(22)25-17/h7,10,12-17,23H,6,8-9H2,1-5H3/t10-,12+,13-,14+,15+,16-,17-,20-/m1/s1. The normalized spacial score (nSPS) is 44.2. The Morgan fingerprint density at radius 3 is 2.84 bits per heavy atom. The van der Waals surface area contributed by atoms with Crippen molar-refractivity contribution in [3.8, 4) is 0 Å². The van der Waals surface area contributed by atoms with E-state index in [-0.39, 0.29) is 47.6 Å². The molecule has 1 N–H and O–H groups in total. The van der Waals surface area contributed by atoms with Gasteiger partial charge in [-0.15, -0.1) is 0 Å². The molecule has 0 amide bonds. The summed E-state index contributed by atoms with van der Waals surface area (Å²) in [6, 6.07) is 0. The van der Waals surface area contributed by atoms with Gasteiger partial charge < -0.3 is 14.6 Å². The highest BCUT2D eigenvalue weighted by Gasteiger charge is 2.59. The Bertz CT molecular complexity index is 593. The molecule has 1 saturated heterocycles. The predicted octanol–water partition coefficient (Wildman–Crippen LogP) is 2.86. The minimum Gasteiger partial charge on any atom is -0.462 e. The zero-order valence-electron chi connectivity index (χ0n) is 15.8. The van der Waals surface area contributed by atoms with Crippen molar-refractivity contribution in [3.63, 3.8) is 0 Å².